The summed E-state index contributed by atoms with van der Waals surface area (Å²) in [6.45, 7) is 6.12. The Morgan fingerprint density at radius 3 is 2.27 bits per heavy atom. The van der Waals surface area contributed by atoms with Gasteiger partial charge in [0, 0.05) is 44.6 Å². The molecule has 184 valence electrons. The van der Waals surface area contributed by atoms with Crippen LogP contribution in [0.1, 0.15) is 33.0 Å². The number of hydrogen-bond donors (Lipinski definition) is 1. The van der Waals surface area contributed by atoms with Crippen molar-refractivity contribution in [2.45, 2.75) is 20.8 Å². The Labute approximate surface area is 221 Å². The smallest absolute Gasteiger partial charge is 0.271 e. The Balaban J connectivity index is 1.31. The van der Waals surface area contributed by atoms with Gasteiger partial charge in [0.2, 0.25) is 0 Å². The summed E-state index contributed by atoms with van der Waals surface area (Å²) < 4.78 is 4.30. The lowest BCUT2D eigenvalue weighted by Crippen LogP contribution is -2.17. The van der Waals surface area contributed by atoms with Crippen LogP contribution in [0.15, 0.2) is 102 Å². The Morgan fingerprint density at radius 1 is 0.784 bits per heavy atom. The van der Waals surface area contributed by atoms with E-state index >= 15 is 0 Å². The van der Waals surface area contributed by atoms with E-state index in [1.807, 2.05) is 86.6 Å². The molecule has 0 aliphatic carbocycles. The zero-order valence-corrected chi connectivity index (χ0v) is 21.7. The second kappa shape index (κ2) is 10.3. The molecule has 5 nitrogen and oxygen atoms in total. The highest BCUT2D eigenvalue weighted by atomic mass is 35.5. The number of halogens is 1. The van der Waals surface area contributed by atoms with Crippen molar-refractivity contribution in [1.29, 1.82) is 0 Å². The molecule has 1 amide bonds. The molecule has 0 aliphatic heterocycles. The number of hydrogen-bond acceptors (Lipinski definition) is 2. The highest BCUT2D eigenvalue weighted by Gasteiger charge is 2.12. The average Bonchev–Trinajstić information content (AvgIpc) is 3.43. The van der Waals surface area contributed by atoms with Crippen molar-refractivity contribution in [3.05, 3.63) is 130 Å². The van der Waals surface area contributed by atoms with Gasteiger partial charge < -0.3 is 9.13 Å². The van der Waals surface area contributed by atoms with E-state index in [1.54, 1.807) is 6.21 Å². The van der Waals surface area contributed by atoms with Crippen LogP contribution in [-0.2, 0) is 0 Å². The number of rotatable bonds is 6. The average molecular weight is 507 g/mol. The van der Waals surface area contributed by atoms with Crippen molar-refractivity contribution in [2.24, 2.45) is 5.10 Å². The number of hydrazone groups is 1. The summed E-state index contributed by atoms with van der Waals surface area (Å²) in [5.74, 6) is -0.265. The van der Waals surface area contributed by atoms with Gasteiger partial charge in [0.15, 0.2) is 0 Å². The minimum absolute atomic E-state index is 0.265. The maximum atomic E-state index is 12.8. The monoisotopic (exact) mass is 506 g/mol. The Hall–Kier alpha value is -4.35. The molecule has 2 heterocycles. The highest BCUT2D eigenvalue weighted by Crippen LogP contribution is 2.26. The molecule has 1 N–H and O–H groups in total. The Morgan fingerprint density at radius 2 is 1.54 bits per heavy atom. The third-order valence-electron chi connectivity index (χ3n) is 6.44. The number of aryl methyl sites for hydroxylation is 2. The lowest BCUT2D eigenvalue weighted by molar-refractivity contribution is 0.0955. The van der Waals surface area contributed by atoms with Crippen LogP contribution in [0.25, 0.3) is 22.6 Å². The second-order valence-corrected chi connectivity index (χ2v) is 9.39. The lowest BCUT2D eigenvalue weighted by atomic mass is 10.1. The van der Waals surface area contributed by atoms with E-state index in [0.29, 0.717) is 10.6 Å². The van der Waals surface area contributed by atoms with Crippen molar-refractivity contribution >= 4 is 23.7 Å². The van der Waals surface area contributed by atoms with Gasteiger partial charge in [-0.25, -0.2) is 5.43 Å². The van der Waals surface area contributed by atoms with Crippen LogP contribution < -0.4 is 5.43 Å². The Kier molecular flexibility index (Phi) is 6.80. The van der Waals surface area contributed by atoms with E-state index in [-0.39, 0.29) is 5.91 Å². The van der Waals surface area contributed by atoms with Gasteiger partial charge in [0.25, 0.3) is 5.91 Å². The number of carbonyl (C=O) groups is 1. The third kappa shape index (κ3) is 4.99. The number of carbonyl (C=O) groups excluding carboxylic acids is 1. The van der Waals surface area contributed by atoms with Gasteiger partial charge in [-0.3, -0.25) is 4.79 Å². The summed E-state index contributed by atoms with van der Waals surface area (Å²) in [4.78, 5) is 12.8. The predicted octanol–water partition coefficient (Wildman–Crippen LogP) is 7.28. The van der Waals surface area contributed by atoms with Gasteiger partial charge in [0.05, 0.1) is 11.9 Å². The summed E-state index contributed by atoms with van der Waals surface area (Å²) in [6, 6.07) is 31.8. The van der Waals surface area contributed by atoms with Crippen molar-refractivity contribution in [3.8, 4) is 22.6 Å². The summed E-state index contributed by atoms with van der Waals surface area (Å²) in [6.07, 6.45) is 1.67. The van der Waals surface area contributed by atoms with Crippen LogP contribution in [0, 0.1) is 20.8 Å². The van der Waals surface area contributed by atoms with Crippen molar-refractivity contribution in [1.82, 2.24) is 14.6 Å². The lowest BCUT2D eigenvalue weighted by Gasteiger charge is -2.12. The molecular weight excluding hydrogens is 480 g/mol. The first-order valence-electron chi connectivity index (χ1n) is 12.0. The number of nitrogens with zero attached hydrogens (tertiary/aromatic N) is 3. The zero-order valence-electron chi connectivity index (χ0n) is 20.9. The van der Waals surface area contributed by atoms with E-state index in [1.165, 1.54) is 0 Å². The summed E-state index contributed by atoms with van der Waals surface area (Å²) in [5, 5.41) is 4.90. The van der Waals surface area contributed by atoms with E-state index in [0.717, 1.165) is 45.3 Å². The molecule has 0 unspecified atom stereocenters. The van der Waals surface area contributed by atoms with Crippen LogP contribution in [0.4, 0.5) is 0 Å². The number of benzene rings is 3. The topological polar surface area (TPSA) is 51.3 Å². The molecule has 0 spiro atoms. The number of aromatic nitrogens is 2. The van der Waals surface area contributed by atoms with Gasteiger partial charge in [-0.1, -0.05) is 48.0 Å². The minimum atomic E-state index is -0.265. The van der Waals surface area contributed by atoms with E-state index in [4.69, 9.17) is 11.6 Å². The van der Waals surface area contributed by atoms with E-state index in [2.05, 4.69) is 50.9 Å². The first-order valence-corrected chi connectivity index (χ1v) is 12.4. The molecule has 5 rings (SSSR count). The van der Waals surface area contributed by atoms with Crippen LogP contribution in [-0.4, -0.2) is 21.3 Å². The van der Waals surface area contributed by atoms with E-state index < -0.39 is 0 Å². The third-order valence-corrected chi connectivity index (χ3v) is 6.67. The molecule has 0 aliphatic rings. The molecule has 0 saturated carbocycles. The standard InChI is InChI=1S/C31H27ClN4O/c1-21-12-17-30(24-8-5-4-6-9-24)36(21)28-15-13-25(14-16-28)31(37)34-33-20-26-18-22(2)35(23(26)3)29-11-7-10-27(32)19-29/h4-20H,1-3H3,(H,34,37)/b33-20+. The van der Waals surface area contributed by atoms with Gasteiger partial charge in [-0.05, 0) is 87.0 Å². The van der Waals surface area contributed by atoms with Gasteiger partial charge in [-0.2, -0.15) is 5.10 Å². The van der Waals surface area contributed by atoms with Crippen molar-refractivity contribution in [3.63, 3.8) is 0 Å². The van der Waals surface area contributed by atoms with Crippen LogP contribution >= 0.6 is 11.6 Å². The van der Waals surface area contributed by atoms with Crippen molar-refractivity contribution in [2.75, 3.05) is 0 Å². The molecule has 0 radical (unpaired) electrons. The molecule has 0 saturated heterocycles. The molecule has 0 fully saturated rings. The van der Waals surface area contributed by atoms with Crippen LogP contribution in [0.3, 0.4) is 0 Å². The maximum absolute atomic E-state index is 12.8. The van der Waals surface area contributed by atoms with Gasteiger partial charge in [0.1, 0.15) is 0 Å². The predicted molar refractivity (Wildman–Crippen MR) is 151 cm³/mol. The number of amides is 1. The normalized spacial score (nSPS) is 11.2. The molecule has 2 aromatic heterocycles. The van der Waals surface area contributed by atoms with E-state index in [9.17, 15) is 4.79 Å². The molecule has 6 heteroatoms. The van der Waals surface area contributed by atoms with Gasteiger partial charge in [-0.15, -0.1) is 0 Å². The highest BCUT2D eigenvalue weighted by molar-refractivity contribution is 6.30. The first-order chi connectivity index (χ1) is 17.9. The first kappa shape index (κ1) is 24.3. The Bertz CT molecular complexity index is 1590. The maximum Gasteiger partial charge on any atom is 0.271 e. The fraction of sp³-hybridized carbons (Fsp3) is 0.0968. The quantitative estimate of drug-likeness (QED) is 0.191. The number of nitrogens with one attached hydrogen (secondary N) is 1. The minimum Gasteiger partial charge on any atom is -0.318 e. The molecular formula is C31H27ClN4O. The van der Waals surface area contributed by atoms with Crippen molar-refractivity contribution < 1.29 is 4.79 Å². The second-order valence-electron chi connectivity index (χ2n) is 8.95. The largest absolute Gasteiger partial charge is 0.318 e. The summed E-state index contributed by atoms with van der Waals surface area (Å²) in [5.41, 5.74) is 11.5. The SMILES string of the molecule is Cc1ccc(-c2ccccc2)n1-c1ccc(C(=O)N/N=C/c2cc(C)n(-c3cccc(Cl)c3)c2C)cc1. The summed E-state index contributed by atoms with van der Waals surface area (Å²) in [7, 11) is 0. The fourth-order valence-corrected chi connectivity index (χ4v) is 4.82. The van der Waals surface area contributed by atoms with Gasteiger partial charge >= 0.3 is 0 Å². The zero-order chi connectivity index (χ0) is 25.9. The van der Waals surface area contributed by atoms with Crippen LogP contribution in [0.2, 0.25) is 5.02 Å². The molecule has 3 aromatic carbocycles. The fourth-order valence-electron chi connectivity index (χ4n) is 4.63. The molecule has 37 heavy (non-hydrogen) atoms. The van der Waals surface area contributed by atoms with Crippen LogP contribution in [0.5, 0.6) is 0 Å². The molecule has 5 aromatic rings. The molecule has 0 bridgehead atoms. The molecule has 0 atom stereocenters. The summed E-state index contributed by atoms with van der Waals surface area (Å²) >= 11 is 6.18.